The SMILES string of the molecule is CCC(CC)C[O-].CCC(CC)C[O-].CCC[CH2][Sn+2][CH2]CCC. The molecule has 0 aromatic carbocycles. The minimum absolute atomic E-state index is 0.104. The van der Waals surface area contributed by atoms with Gasteiger partial charge in [-0.2, -0.15) is 0 Å². The van der Waals surface area contributed by atoms with E-state index in [1.165, 1.54) is 25.7 Å². The van der Waals surface area contributed by atoms with Crippen LogP contribution in [0.25, 0.3) is 0 Å². The van der Waals surface area contributed by atoms with Crippen molar-refractivity contribution in [1.82, 2.24) is 0 Å². The first-order chi connectivity index (χ1) is 11.1. The van der Waals surface area contributed by atoms with Crippen molar-refractivity contribution in [3.8, 4) is 0 Å². The van der Waals surface area contributed by atoms with Crippen LogP contribution in [-0.2, 0) is 0 Å². The first-order valence-electron chi connectivity index (χ1n) is 9.98. The van der Waals surface area contributed by atoms with Crippen LogP contribution in [-0.4, -0.2) is 34.4 Å². The summed E-state index contributed by atoms with van der Waals surface area (Å²) in [7, 11) is 0. The molecular formula is C20H44O2Sn. The van der Waals surface area contributed by atoms with Gasteiger partial charge in [0.1, 0.15) is 0 Å². The molecule has 0 aromatic rings. The van der Waals surface area contributed by atoms with Crippen molar-refractivity contribution in [2.45, 2.75) is 102 Å². The molecule has 0 saturated carbocycles. The van der Waals surface area contributed by atoms with E-state index < -0.39 is 0 Å². The van der Waals surface area contributed by atoms with Crippen molar-refractivity contribution in [2.75, 3.05) is 13.2 Å². The summed E-state index contributed by atoms with van der Waals surface area (Å²) < 4.78 is 3.25. The number of rotatable bonds is 12. The zero-order chi connectivity index (χ0) is 18.3. The predicted octanol–water partition coefficient (Wildman–Crippen LogP) is 4.69. The Bertz CT molecular complexity index is 140. The molecule has 0 heterocycles. The fourth-order valence-electron chi connectivity index (χ4n) is 1.78. The Kier molecular flexibility index (Phi) is 34.2. The van der Waals surface area contributed by atoms with E-state index in [1.54, 1.807) is 8.87 Å². The third kappa shape index (κ3) is 27.8. The van der Waals surface area contributed by atoms with Crippen molar-refractivity contribution >= 4 is 21.1 Å². The van der Waals surface area contributed by atoms with Crippen LogP contribution in [0.3, 0.4) is 0 Å². The molecule has 0 radical (unpaired) electrons. The third-order valence-corrected chi connectivity index (χ3v) is 8.23. The summed E-state index contributed by atoms with van der Waals surface area (Å²) in [5, 5.41) is 20.2. The standard InChI is InChI=1S/2C6H13O.2C4H9.Sn/c2*1-3-6(4-2)5-7;2*1-3-4-2;/h2*6H,3-5H2,1-2H3;2*1,3-4H2,2H3;/q2*-1;;;+2. The van der Waals surface area contributed by atoms with E-state index in [9.17, 15) is 10.2 Å². The van der Waals surface area contributed by atoms with Gasteiger partial charge in [-0.3, -0.25) is 0 Å². The second-order valence-electron chi connectivity index (χ2n) is 6.16. The first-order valence-corrected chi connectivity index (χ1v) is 14.0. The van der Waals surface area contributed by atoms with Gasteiger partial charge in [0.25, 0.3) is 0 Å². The molecule has 0 saturated heterocycles. The van der Waals surface area contributed by atoms with E-state index in [2.05, 4.69) is 41.5 Å². The Morgan fingerprint density at radius 1 is 0.609 bits per heavy atom. The van der Waals surface area contributed by atoms with Gasteiger partial charge in [0.05, 0.1) is 0 Å². The number of hydrogen-bond donors (Lipinski definition) is 0. The molecule has 0 rings (SSSR count). The van der Waals surface area contributed by atoms with Crippen molar-refractivity contribution in [2.24, 2.45) is 11.8 Å². The van der Waals surface area contributed by atoms with Gasteiger partial charge in [-0.15, -0.1) is 13.2 Å². The molecule has 0 atom stereocenters. The van der Waals surface area contributed by atoms with Crippen LogP contribution >= 0.6 is 0 Å². The van der Waals surface area contributed by atoms with Crippen molar-refractivity contribution in [3.63, 3.8) is 0 Å². The Hall–Kier alpha value is 0.719. The van der Waals surface area contributed by atoms with Crippen LogP contribution in [0.4, 0.5) is 0 Å². The molecule has 0 amide bonds. The summed E-state index contributed by atoms with van der Waals surface area (Å²) in [6.07, 6.45) is 10.0. The van der Waals surface area contributed by atoms with E-state index in [1.807, 2.05) is 0 Å². The molecule has 0 N–H and O–H groups in total. The molecule has 0 fully saturated rings. The first kappa shape index (κ1) is 28.5. The van der Waals surface area contributed by atoms with Crippen LogP contribution in [0.15, 0.2) is 0 Å². The van der Waals surface area contributed by atoms with Crippen molar-refractivity contribution < 1.29 is 10.2 Å². The van der Waals surface area contributed by atoms with E-state index >= 15 is 0 Å². The normalized spacial score (nSPS) is 9.83. The van der Waals surface area contributed by atoms with E-state index in [0.29, 0.717) is 11.8 Å². The summed E-state index contributed by atoms with van der Waals surface area (Å²) >= 11 is 0.149. The molecule has 0 aromatic heterocycles. The topological polar surface area (TPSA) is 46.1 Å². The molecule has 0 aliphatic heterocycles. The third-order valence-electron chi connectivity index (χ3n) is 4.20. The quantitative estimate of drug-likeness (QED) is 0.330. The zero-order valence-corrected chi connectivity index (χ0v) is 19.8. The average molecular weight is 435 g/mol. The Balaban J connectivity index is -0.000000264. The van der Waals surface area contributed by atoms with Gasteiger partial charge in [-0.25, -0.2) is 0 Å². The van der Waals surface area contributed by atoms with Crippen LogP contribution < -0.4 is 10.2 Å². The van der Waals surface area contributed by atoms with Gasteiger partial charge < -0.3 is 10.2 Å². The summed E-state index contributed by atoms with van der Waals surface area (Å²) in [6, 6.07) is 0. The fourth-order valence-corrected chi connectivity index (χ4v) is 5.94. The van der Waals surface area contributed by atoms with E-state index in [-0.39, 0.29) is 34.4 Å². The molecule has 3 heteroatoms. The van der Waals surface area contributed by atoms with Gasteiger partial charge in [-0.1, -0.05) is 65.2 Å². The van der Waals surface area contributed by atoms with Gasteiger partial charge in [0, 0.05) is 0 Å². The van der Waals surface area contributed by atoms with Crippen LogP contribution in [0, 0.1) is 11.8 Å². The van der Waals surface area contributed by atoms with Gasteiger partial charge in [0.15, 0.2) is 0 Å². The number of hydrogen-bond acceptors (Lipinski definition) is 2. The maximum absolute atomic E-state index is 10.1. The molecule has 23 heavy (non-hydrogen) atoms. The van der Waals surface area contributed by atoms with Gasteiger partial charge in [0.2, 0.25) is 0 Å². The molecule has 2 nitrogen and oxygen atoms in total. The summed E-state index contributed by atoms with van der Waals surface area (Å²) in [4.78, 5) is 0. The summed E-state index contributed by atoms with van der Waals surface area (Å²) in [5.41, 5.74) is 0. The molecule has 0 unspecified atom stereocenters. The second kappa shape index (κ2) is 27.6. The molecule has 0 spiro atoms. The Morgan fingerprint density at radius 3 is 1.04 bits per heavy atom. The second-order valence-corrected chi connectivity index (χ2v) is 10.4. The zero-order valence-electron chi connectivity index (χ0n) is 17.0. The van der Waals surface area contributed by atoms with Crippen LogP contribution in [0.1, 0.15) is 92.9 Å². The summed E-state index contributed by atoms with van der Waals surface area (Å²) in [6.45, 7) is 13.0. The van der Waals surface area contributed by atoms with E-state index in [4.69, 9.17) is 0 Å². The molecule has 0 bridgehead atoms. The van der Waals surface area contributed by atoms with Crippen molar-refractivity contribution in [3.05, 3.63) is 0 Å². The Morgan fingerprint density at radius 2 is 0.913 bits per heavy atom. The van der Waals surface area contributed by atoms with E-state index in [0.717, 1.165) is 25.7 Å². The number of unbranched alkanes of at least 4 members (excludes halogenated alkanes) is 2. The van der Waals surface area contributed by atoms with Gasteiger partial charge in [-0.05, 0) is 0 Å². The Labute approximate surface area is 158 Å². The minimum atomic E-state index is 0.104. The summed E-state index contributed by atoms with van der Waals surface area (Å²) in [5.74, 6) is 0.861. The maximum atomic E-state index is 10.1. The average Bonchev–Trinajstić information content (AvgIpc) is 2.59. The predicted molar refractivity (Wildman–Crippen MR) is 103 cm³/mol. The molecule has 140 valence electrons. The van der Waals surface area contributed by atoms with Crippen molar-refractivity contribution in [1.29, 1.82) is 0 Å². The molecular weight excluding hydrogens is 391 g/mol. The molecule has 0 aliphatic carbocycles. The van der Waals surface area contributed by atoms with Crippen LogP contribution in [0.2, 0.25) is 8.87 Å². The monoisotopic (exact) mass is 436 g/mol. The fraction of sp³-hybridized carbons (Fsp3) is 1.00. The molecule has 0 aliphatic rings. The van der Waals surface area contributed by atoms with Crippen LogP contribution in [0.5, 0.6) is 0 Å². The van der Waals surface area contributed by atoms with Gasteiger partial charge >= 0.3 is 69.5 Å².